The van der Waals surface area contributed by atoms with Gasteiger partial charge in [0.1, 0.15) is 0 Å². The Balaban J connectivity index is 3.53. The van der Waals surface area contributed by atoms with Crippen LogP contribution in [-0.4, -0.2) is 46.4 Å². The molecule has 0 saturated carbocycles. The standard InChI is InChI=1S/C6H14O4/c7-2-1-6(10)5(3-8)4-9/h5-10H,1-4H2. The Kier molecular flexibility index (Phi) is 5.52. The van der Waals surface area contributed by atoms with Gasteiger partial charge in [-0.15, -0.1) is 0 Å². The lowest BCUT2D eigenvalue weighted by Gasteiger charge is -2.16. The molecule has 0 aliphatic carbocycles. The molecule has 10 heavy (non-hydrogen) atoms. The first-order chi connectivity index (χ1) is 4.76. The van der Waals surface area contributed by atoms with E-state index in [9.17, 15) is 0 Å². The van der Waals surface area contributed by atoms with Crippen molar-refractivity contribution in [2.24, 2.45) is 5.92 Å². The van der Waals surface area contributed by atoms with Gasteiger partial charge in [-0.2, -0.15) is 0 Å². The quantitative estimate of drug-likeness (QED) is 0.378. The molecule has 0 amide bonds. The van der Waals surface area contributed by atoms with Crippen molar-refractivity contribution in [2.75, 3.05) is 19.8 Å². The van der Waals surface area contributed by atoms with Crippen molar-refractivity contribution in [1.29, 1.82) is 0 Å². The van der Waals surface area contributed by atoms with Crippen LogP contribution in [0.5, 0.6) is 0 Å². The molecule has 0 aliphatic rings. The maximum atomic E-state index is 9.03. The van der Waals surface area contributed by atoms with Crippen LogP contribution in [0.15, 0.2) is 0 Å². The van der Waals surface area contributed by atoms with Crippen LogP contribution >= 0.6 is 0 Å². The van der Waals surface area contributed by atoms with E-state index < -0.39 is 12.0 Å². The summed E-state index contributed by atoms with van der Waals surface area (Å²) in [6.07, 6.45) is -0.605. The molecular weight excluding hydrogens is 136 g/mol. The zero-order valence-electron chi connectivity index (χ0n) is 5.77. The fraction of sp³-hybridized carbons (Fsp3) is 1.00. The van der Waals surface area contributed by atoms with E-state index in [1.807, 2.05) is 0 Å². The number of aliphatic hydroxyl groups excluding tert-OH is 4. The van der Waals surface area contributed by atoms with Gasteiger partial charge in [0, 0.05) is 12.5 Å². The first kappa shape index (κ1) is 9.84. The summed E-state index contributed by atoms with van der Waals surface area (Å²) in [5, 5.41) is 34.4. The van der Waals surface area contributed by atoms with Crippen LogP contribution in [0.25, 0.3) is 0 Å². The molecule has 0 saturated heterocycles. The molecule has 0 rings (SSSR count). The van der Waals surface area contributed by atoms with Gasteiger partial charge >= 0.3 is 0 Å². The van der Waals surface area contributed by atoms with Crippen molar-refractivity contribution in [2.45, 2.75) is 12.5 Å². The van der Waals surface area contributed by atoms with Crippen LogP contribution in [0, 0.1) is 5.92 Å². The first-order valence-electron chi connectivity index (χ1n) is 3.26. The van der Waals surface area contributed by atoms with Crippen molar-refractivity contribution in [3.63, 3.8) is 0 Å². The molecule has 0 spiro atoms. The topological polar surface area (TPSA) is 80.9 Å². The average molecular weight is 150 g/mol. The number of aliphatic hydroxyl groups is 4. The van der Waals surface area contributed by atoms with Gasteiger partial charge in [-0.1, -0.05) is 0 Å². The summed E-state index contributed by atoms with van der Waals surface area (Å²) in [5.74, 6) is -0.521. The van der Waals surface area contributed by atoms with E-state index in [1.165, 1.54) is 0 Å². The molecule has 0 radical (unpaired) electrons. The fourth-order valence-corrected chi connectivity index (χ4v) is 0.669. The van der Waals surface area contributed by atoms with Crippen molar-refractivity contribution in [3.8, 4) is 0 Å². The fourth-order valence-electron chi connectivity index (χ4n) is 0.669. The third kappa shape index (κ3) is 3.12. The van der Waals surface area contributed by atoms with E-state index in [-0.39, 0.29) is 26.2 Å². The second-order valence-corrected chi connectivity index (χ2v) is 2.20. The van der Waals surface area contributed by atoms with E-state index in [4.69, 9.17) is 20.4 Å². The van der Waals surface area contributed by atoms with E-state index in [0.717, 1.165) is 0 Å². The van der Waals surface area contributed by atoms with Crippen molar-refractivity contribution < 1.29 is 20.4 Å². The number of hydrogen-bond donors (Lipinski definition) is 4. The third-order valence-electron chi connectivity index (χ3n) is 1.44. The Morgan fingerprint density at radius 3 is 1.80 bits per heavy atom. The smallest absolute Gasteiger partial charge is 0.0634 e. The molecule has 4 N–H and O–H groups in total. The second-order valence-electron chi connectivity index (χ2n) is 2.20. The molecule has 0 aliphatic heterocycles. The lowest BCUT2D eigenvalue weighted by Crippen LogP contribution is -2.27. The largest absolute Gasteiger partial charge is 0.396 e. The molecular formula is C6H14O4. The molecule has 62 valence electrons. The van der Waals surface area contributed by atoms with Gasteiger partial charge in [-0.3, -0.25) is 0 Å². The second kappa shape index (κ2) is 5.61. The van der Waals surface area contributed by atoms with Crippen molar-refractivity contribution in [3.05, 3.63) is 0 Å². The Labute approximate surface area is 59.7 Å². The molecule has 1 unspecified atom stereocenters. The minimum atomic E-state index is -0.806. The maximum absolute atomic E-state index is 9.03. The lowest BCUT2D eigenvalue weighted by molar-refractivity contribution is 0.0182. The van der Waals surface area contributed by atoms with Crippen LogP contribution in [0.3, 0.4) is 0 Å². The van der Waals surface area contributed by atoms with Gasteiger partial charge in [-0.25, -0.2) is 0 Å². The lowest BCUT2D eigenvalue weighted by atomic mass is 10.0. The zero-order valence-corrected chi connectivity index (χ0v) is 5.77. The highest BCUT2D eigenvalue weighted by Crippen LogP contribution is 2.04. The summed E-state index contributed by atoms with van der Waals surface area (Å²) in [6, 6.07) is 0. The summed E-state index contributed by atoms with van der Waals surface area (Å²) in [5.41, 5.74) is 0. The van der Waals surface area contributed by atoms with E-state index in [1.54, 1.807) is 0 Å². The van der Waals surface area contributed by atoms with E-state index in [2.05, 4.69) is 0 Å². The number of rotatable bonds is 5. The van der Waals surface area contributed by atoms with Gasteiger partial charge in [0.2, 0.25) is 0 Å². The Morgan fingerprint density at radius 1 is 1.00 bits per heavy atom. The molecule has 0 fully saturated rings. The predicted molar refractivity (Wildman–Crippen MR) is 35.4 cm³/mol. The normalized spacial score (nSPS) is 14.1. The maximum Gasteiger partial charge on any atom is 0.0634 e. The van der Waals surface area contributed by atoms with Gasteiger partial charge in [0.25, 0.3) is 0 Å². The average Bonchev–Trinajstić information content (AvgIpc) is 1.91. The van der Waals surface area contributed by atoms with Crippen LogP contribution in [0.1, 0.15) is 6.42 Å². The third-order valence-corrected chi connectivity index (χ3v) is 1.44. The summed E-state index contributed by atoms with van der Waals surface area (Å²) < 4.78 is 0. The van der Waals surface area contributed by atoms with Gasteiger partial charge in [-0.05, 0) is 6.42 Å². The van der Waals surface area contributed by atoms with Crippen LogP contribution in [0.4, 0.5) is 0 Å². The predicted octanol–water partition coefficient (Wildman–Crippen LogP) is -1.67. The van der Waals surface area contributed by atoms with Crippen molar-refractivity contribution in [1.82, 2.24) is 0 Å². The molecule has 1 atom stereocenters. The Hall–Kier alpha value is -0.160. The summed E-state index contributed by atoms with van der Waals surface area (Å²) in [7, 11) is 0. The Bertz CT molecular complexity index is 72.1. The van der Waals surface area contributed by atoms with E-state index >= 15 is 0 Å². The van der Waals surface area contributed by atoms with Crippen LogP contribution in [-0.2, 0) is 0 Å². The van der Waals surface area contributed by atoms with Crippen LogP contribution < -0.4 is 0 Å². The number of hydrogen-bond acceptors (Lipinski definition) is 4. The summed E-state index contributed by atoms with van der Waals surface area (Å²) >= 11 is 0. The molecule has 0 aromatic rings. The highest BCUT2D eigenvalue weighted by atomic mass is 16.3. The molecule has 4 nitrogen and oxygen atoms in total. The zero-order chi connectivity index (χ0) is 7.98. The van der Waals surface area contributed by atoms with Gasteiger partial charge < -0.3 is 20.4 Å². The minimum absolute atomic E-state index is 0.127. The monoisotopic (exact) mass is 150 g/mol. The summed E-state index contributed by atoms with van der Waals surface area (Å²) in [4.78, 5) is 0. The highest BCUT2D eigenvalue weighted by Gasteiger charge is 2.15. The summed E-state index contributed by atoms with van der Waals surface area (Å²) in [6.45, 7) is -0.632. The van der Waals surface area contributed by atoms with Crippen molar-refractivity contribution >= 4 is 0 Å². The molecule has 0 bridgehead atoms. The van der Waals surface area contributed by atoms with E-state index in [0.29, 0.717) is 0 Å². The van der Waals surface area contributed by atoms with Gasteiger partial charge in [0.05, 0.1) is 19.3 Å². The Morgan fingerprint density at radius 2 is 1.50 bits per heavy atom. The molecule has 4 heteroatoms. The molecule has 0 heterocycles. The minimum Gasteiger partial charge on any atom is -0.396 e. The molecule has 0 aromatic carbocycles. The highest BCUT2D eigenvalue weighted by molar-refractivity contribution is 4.65. The van der Waals surface area contributed by atoms with Gasteiger partial charge in [0.15, 0.2) is 0 Å². The molecule has 0 aromatic heterocycles. The van der Waals surface area contributed by atoms with Crippen LogP contribution in [0.2, 0.25) is 0 Å². The first-order valence-corrected chi connectivity index (χ1v) is 3.26. The SMILES string of the molecule is OCCC(O)C(CO)CO.